The monoisotopic (exact) mass is 246 g/mol. The third-order valence-electron chi connectivity index (χ3n) is 3.11. The molecule has 0 unspecified atom stereocenters. The SMILES string of the molecule is Cc1cc(CN(C)C)c(C)n1-c1ccc(F)cc1. The summed E-state index contributed by atoms with van der Waals surface area (Å²) in [6.07, 6.45) is 0. The number of aromatic nitrogens is 1. The second-order valence-electron chi connectivity index (χ2n) is 4.95. The van der Waals surface area contributed by atoms with Crippen molar-refractivity contribution in [2.24, 2.45) is 0 Å². The second kappa shape index (κ2) is 4.94. The van der Waals surface area contributed by atoms with Gasteiger partial charge >= 0.3 is 0 Å². The Labute approximate surface area is 108 Å². The lowest BCUT2D eigenvalue weighted by molar-refractivity contribution is 0.401. The molecule has 3 heteroatoms. The Balaban J connectivity index is 2.45. The van der Waals surface area contributed by atoms with E-state index in [1.165, 1.54) is 29.1 Å². The van der Waals surface area contributed by atoms with Crippen LogP contribution in [0.1, 0.15) is 17.0 Å². The van der Waals surface area contributed by atoms with E-state index >= 15 is 0 Å². The molecule has 0 aliphatic carbocycles. The van der Waals surface area contributed by atoms with Crippen LogP contribution in [0, 0.1) is 19.7 Å². The molecule has 0 saturated carbocycles. The molecule has 0 amide bonds. The molecular formula is C15H19FN2. The summed E-state index contributed by atoms with van der Waals surface area (Å²) in [6, 6.07) is 8.82. The van der Waals surface area contributed by atoms with Gasteiger partial charge in [0.15, 0.2) is 0 Å². The highest BCUT2D eigenvalue weighted by Gasteiger charge is 2.11. The van der Waals surface area contributed by atoms with E-state index in [-0.39, 0.29) is 5.82 Å². The highest BCUT2D eigenvalue weighted by Crippen LogP contribution is 2.21. The third kappa shape index (κ3) is 2.46. The molecule has 1 aromatic heterocycles. The van der Waals surface area contributed by atoms with Gasteiger partial charge in [-0.3, -0.25) is 0 Å². The average Bonchev–Trinajstić information content (AvgIpc) is 2.55. The second-order valence-corrected chi connectivity index (χ2v) is 4.95. The standard InChI is InChI=1S/C15H19FN2/c1-11-9-13(10-17(3)4)12(2)18(11)15-7-5-14(16)6-8-15/h5-9H,10H2,1-4H3. The Kier molecular flexibility index (Phi) is 3.53. The van der Waals surface area contributed by atoms with Crippen LogP contribution in [0.15, 0.2) is 30.3 Å². The first-order valence-electron chi connectivity index (χ1n) is 6.07. The van der Waals surface area contributed by atoms with Crippen LogP contribution in [-0.4, -0.2) is 23.6 Å². The molecule has 1 heterocycles. The van der Waals surface area contributed by atoms with Crippen molar-refractivity contribution in [1.82, 2.24) is 9.47 Å². The molecule has 96 valence electrons. The van der Waals surface area contributed by atoms with E-state index in [2.05, 4.69) is 43.5 Å². The summed E-state index contributed by atoms with van der Waals surface area (Å²) in [5, 5.41) is 0. The third-order valence-corrected chi connectivity index (χ3v) is 3.11. The number of nitrogens with zero attached hydrogens (tertiary/aromatic N) is 2. The summed E-state index contributed by atoms with van der Waals surface area (Å²) in [6.45, 7) is 5.10. The van der Waals surface area contributed by atoms with E-state index in [1.54, 1.807) is 0 Å². The number of benzene rings is 1. The van der Waals surface area contributed by atoms with Crippen molar-refractivity contribution in [3.63, 3.8) is 0 Å². The van der Waals surface area contributed by atoms with E-state index in [1.807, 2.05) is 12.1 Å². The van der Waals surface area contributed by atoms with Crippen molar-refractivity contribution in [1.29, 1.82) is 0 Å². The first-order valence-corrected chi connectivity index (χ1v) is 6.07. The van der Waals surface area contributed by atoms with E-state index in [0.29, 0.717) is 0 Å². The molecule has 0 bridgehead atoms. The van der Waals surface area contributed by atoms with Gasteiger partial charge in [-0.25, -0.2) is 4.39 Å². The zero-order chi connectivity index (χ0) is 13.3. The molecule has 0 atom stereocenters. The molecule has 0 aliphatic rings. The van der Waals surface area contributed by atoms with Gasteiger partial charge < -0.3 is 9.47 Å². The predicted molar refractivity (Wildman–Crippen MR) is 72.6 cm³/mol. The maximum Gasteiger partial charge on any atom is 0.123 e. The molecule has 0 saturated heterocycles. The normalized spacial score (nSPS) is 11.2. The number of hydrogen-bond acceptors (Lipinski definition) is 1. The number of halogens is 1. The van der Waals surface area contributed by atoms with E-state index < -0.39 is 0 Å². The lowest BCUT2D eigenvalue weighted by Crippen LogP contribution is -2.11. The van der Waals surface area contributed by atoms with Crippen LogP contribution < -0.4 is 0 Å². The van der Waals surface area contributed by atoms with Gasteiger partial charge in [0.1, 0.15) is 5.82 Å². The van der Waals surface area contributed by atoms with Crippen molar-refractivity contribution < 1.29 is 4.39 Å². The van der Waals surface area contributed by atoms with Crippen LogP contribution in [-0.2, 0) is 6.54 Å². The van der Waals surface area contributed by atoms with Gasteiger partial charge in [-0.05, 0) is 63.8 Å². The Hall–Kier alpha value is -1.61. The summed E-state index contributed by atoms with van der Waals surface area (Å²) in [4.78, 5) is 2.15. The van der Waals surface area contributed by atoms with Gasteiger partial charge in [0, 0.05) is 23.6 Å². The number of hydrogen-bond donors (Lipinski definition) is 0. The molecule has 1 aromatic carbocycles. The van der Waals surface area contributed by atoms with Gasteiger partial charge in [-0.2, -0.15) is 0 Å². The summed E-state index contributed by atoms with van der Waals surface area (Å²) in [5.74, 6) is -0.199. The largest absolute Gasteiger partial charge is 0.318 e. The molecule has 0 aliphatic heterocycles. The number of rotatable bonds is 3. The van der Waals surface area contributed by atoms with E-state index in [4.69, 9.17) is 0 Å². The van der Waals surface area contributed by atoms with Gasteiger partial charge in [-0.1, -0.05) is 0 Å². The van der Waals surface area contributed by atoms with E-state index in [0.717, 1.165) is 12.2 Å². The van der Waals surface area contributed by atoms with Gasteiger partial charge in [0.2, 0.25) is 0 Å². The fourth-order valence-electron chi connectivity index (χ4n) is 2.32. The number of aryl methyl sites for hydroxylation is 1. The summed E-state index contributed by atoms with van der Waals surface area (Å²) in [5.41, 5.74) is 4.71. The maximum absolute atomic E-state index is 13.0. The van der Waals surface area contributed by atoms with Gasteiger partial charge in [0.25, 0.3) is 0 Å². The fraction of sp³-hybridized carbons (Fsp3) is 0.333. The first kappa shape index (κ1) is 12.8. The smallest absolute Gasteiger partial charge is 0.123 e. The minimum atomic E-state index is -0.199. The van der Waals surface area contributed by atoms with Crippen molar-refractivity contribution in [3.8, 4) is 5.69 Å². The lowest BCUT2D eigenvalue weighted by atomic mass is 10.2. The molecular weight excluding hydrogens is 227 g/mol. The van der Waals surface area contributed by atoms with Crippen LogP contribution in [0.25, 0.3) is 5.69 Å². The Morgan fingerprint density at radius 1 is 1.11 bits per heavy atom. The van der Waals surface area contributed by atoms with Crippen molar-refractivity contribution >= 4 is 0 Å². The molecule has 2 nitrogen and oxygen atoms in total. The zero-order valence-corrected chi connectivity index (χ0v) is 11.4. The maximum atomic E-state index is 13.0. The molecule has 2 rings (SSSR count). The molecule has 0 spiro atoms. The highest BCUT2D eigenvalue weighted by atomic mass is 19.1. The minimum absolute atomic E-state index is 0.199. The van der Waals surface area contributed by atoms with Crippen LogP contribution in [0.4, 0.5) is 4.39 Å². The minimum Gasteiger partial charge on any atom is -0.318 e. The molecule has 18 heavy (non-hydrogen) atoms. The molecule has 2 aromatic rings. The predicted octanol–water partition coefficient (Wildman–Crippen LogP) is 3.29. The van der Waals surface area contributed by atoms with Crippen LogP contribution >= 0.6 is 0 Å². The molecule has 0 fully saturated rings. The molecule has 0 radical (unpaired) electrons. The Bertz CT molecular complexity index is 538. The zero-order valence-electron chi connectivity index (χ0n) is 11.4. The van der Waals surface area contributed by atoms with Crippen LogP contribution in [0.2, 0.25) is 0 Å². The van der Waals surface area contributed by atoms with Crippen molar-refractivity contribution in [2.75, 3.05) is 14.1 Å². The van der Waals surface area contributed by atoms with Gasteiger partial charge in [-0.15, -0.1) is 0 Å². The molecule has 0 N–H and O–H groups in total. The summed E-state index contributed by atoms with van der Waals surface area (Å²) >= 11 is 0. The van der Waals surface area contributed by atoms with Crippen LogP contribution in [0.5, 0.6) is 0 Å². The Morgan fingerprint density at radius 3 is 2.28 bits per heavy atom. The summed E-state index contributed by atoms with van der Waals surface area (Å²) < 4.78 is 15.1. The van der Waals surface area contributed by atoms with Crippen LogP contribution in [0.3, 0.4) is 0 Å². The lowest BCUT2D eigenvalue weighted by Gasteiger charge is -2.12. The van der Waals surface area contributed by atoms with Crippen molar-refractivity contribution in [3.05, 3.63) is 53.1 Å². The average molecular weight is 246 g/mol. The fourth-order valence-corrected chi connectivity index (χ4v) is 2.32. The topological polar surface area (TPSA) is 8.17 Å². The summed E-state index contributed by atoms with van der Waals surface area (Å²) in [7, 11) is 4.12. The quantitative estimate of drug-likeness (QED) is 0.806. The van der Waals surface area contributed by atoms with E-state index in [9.17, 15) is 4.39 Å². The Morgan fingerprint density at radius 2 is 1.72 bits per heavy atom. The first-order chi connectivity index (χ1) is 8.49. The highest BCUT2D eigenvalue weighted by molar-refractivity contribution is 5.41. The van der Waals surface area contributed by atoms with Crippen molar-refractivity contribution in [2.45, 2.75) is 20.4 Å². The van der Waals surface area contributed by atoms with Gasteiger partial charge in [0.05, 0.1) is 0 Å².